The van der Waals surface area contributed by atoms with Crippen molar-refractivity contribution < 1.29 is 14.3 Å². The number of carbonyl (C=O) groups is 1. The molecule has 0 atom stereocenters. The zero-order chi connectivity index (χ0) is 17.9. The van der Waals surface area contributed by atoms with Gasteiger partial charge in [0.2, 0.25) is 0 Å². The Balaban J connectivity index is 1.50. The summed E-state index contributed by atoms with van der Waals surface area (Å²) in [5, 5.41) is 10.2. The van der Waals surface area contributed by atoms with E-state index in [1.54, 1.807) is 12.4 Å². The van der Waals surface area contributed by atoms with E-state index in [4.69, 9.17) is 4.42 Å². The van der Waals surface area contributed by atoms with Gasteiger partial charge in [-0.15, -0.1) is 0 Å². The van der Waals surface area contributed by atoms with E-state index in [0.717, 1.165) is 42.3 Å². The number of rotatable bonds is 5. The summed E-state index contributed by atoms with van der Waals surface area (Å²) >= 11 is 0. The average molecular weight is 351 g/mol. The van der Waals surface area contributed by atoms with Crippen LogP contribution in [0.3, 0.4) is 0 Å². The Hall–Kier alpha value is -2.60. The molecule has 0 spiro atoms. The molecule has 0 aromatic carbocycles. The number of aliphatic hydroxyl groups excluding tert-OH is 1. The Bertz CT molecular complexity index is 900. The first-order valence-electron chi connectivity index (χ1n) is 9.01. The lowest BCUT2D eigenvalue weighted by atomic mass is 9.79. The van der Waals surface area contributed by atoms with E-state index in [1.807, 2.05) is 18.2 Å². The molecule has 0 bridgehead atoms. The molecule has 1 fully saturated rings. The summed E-state index contributed by atoms with van der Waals surface area (Å²) < 4.78 is 5.30. The van der Waals surface area contributed by atoms with Gasteiger partial charge in [0.25, 0.3) is 0 Å². The molecule has 0 unspecified atom stereocenters. The van der Waals surface area contributed by atoms with Crippen molar-refractivity contribution in [2.24, 2.45) is 11.8 Å². The lowest BCUT2D eigenvalue weighted by Gasteiger charge is -2.26. The molecule has 1 saturated carbocycles. The molecule has 1 aliphatic rings. The van der Waals surface area contributed by atoms with Crippen molar-refractivity contribution >= 4 is 16.7 Å². The van der Waals surface area contributed by atoms with Crippen molar-refractivity contribution in [3.63, 3.8) is 0 Å². The summed E-state index contributed by atoms with van der Waals surface area (Å²) in [5.74, 6) is 1.29. The van der Waals surface area contributed by atoms with Crippen molar-refractivity contribution in [3.8, 4) is 11.5 Å². The first-order chi connectivity index (χ1) is 12.7. The molecule has 6 heteroatoms. The zero-order valence-corrected chi connectivity index (χ0v) is 14.5. The number of hydrogen-bond acceptors (Lipinski definition) is 6. The molecule has 0 radical (unpaired) electrons. The second-order valence-corrected chi connectivity index (χ2v) is 6.97. The standard InChI is InChI=1S/C20H21N3O3/c24-11-13-1-3-14(4-2-13)19(25)8-16-7-18-15(9-22-16)5-6-17(23-18)20-10-21-12-26-20/h5-7,9-10,12-14,24H,1-4,8,11H2. The van der Waals surface area contributed by atoms with Crippen molar-refractivity contribution in [1.82, 2.24) is 15.0 Å². The van der Waals surface area contributed by atoms with E-state index in [9.17, 15) is 9.90 Å². The molecule has 1 N–H and O–H groups in total. The predicted molar refractivity (Wildman–Crippen MR) is 96.3 cm³/mol. The topological polar surface area (TPSA) is 89.1 Å². The number of aliphatic hydroxyl groups is 1. The molecular weight excluding hydrogens is 330 g/mol. The first kappa shape index (κ1) is 16.8. The van der Waals surface area contributed by atoms with Crippen LogP contribution >= 0.6 is 0 Å². The fraction of sp³-hybridized carbons (Fsp3) is 0.400. The minimum atomic E-state index is 0.0868. The summed E-state index contributed by atoms with van der Waals surface area (Å²) in [6, 6.07) is 5.69. The molecular formula is C20H21N3O3. The normalized spacial score (nSPS) is 20.3. The maximum Gasteiger partial charge on any atom is 0.181 e. The molecule has 26 heavy (non-hydrogen) atoms. The Kier molecular flexibility index (Phi) is 4.75. The van der Waals surface area contributed by atoms with Crippen molar-refractivity contribution in [2.45, 2.75) is 32.1 Å². The van der Waals surface area contributed by atoms with Gasteiger partial charge in [-0.25, -0.2) is 9.97 Å². The van der Waals surface area contributed by atoms with Crippen LogP contribution in [0.1, 0.15) is 31.4 Å². The molecule has 3 aromatic heterocycles. The van der Waals surface area contributed by atoms with Gasteiger partial charge in [-0.2, -0.15) is 0 Å². The third kappa shape index (κ3) is 3.51. The summed E-state index contributed by atoms with van der Waals surface area (Å²) in [6.45, 7) is 0.229. The van der Waals surface area contributed by atoms with Crippen LogP contribution in [0.5, 0.6) is 0 Å². The summed E-state index contributed by atoms with van der Waals surface area (Å²) in [4.78, 5) is 25.6. The fourth-order valence-corrected chi connectivity index (χ4v) is 3.62. The number of pyridine rings is 2. The lowest BCUT2D eigenvalue weighted by Crippen LogP contribution is -2.24. The largest absolute Gasteiger partial charge is 0.442 e. The molecule has 0 aliphatic heterocycles. The first-order valence-corrected chi connectivity index (χ1v) is 9.01. The molecule has 134 valence electrons. The third-order valence-corrected chi connectivity index (χ3v) is 5.23. The number of ketones is 1. The highest BCUT2D eigenvalue weighted by Gasteiger charge is 2.26. The molecule has 0 amide bonds. The zero-order valence-electron chi connectivity index (χ0n) is 14.5. The number of aromatic nitrogens is 3. The van der Waals surface area contributed by atoms with Gasteiger partial charge in [0.05, 0.1) is 11.7 Å². The summed E-state index contributed by atoms with van der Waals surface area (Å²) in [5.41, 5.74) is 2.25. The highest BCUT2D eigenvalue weighted by Crippen LogP contribution is 2.30. The van der Waals surface area contributed by atoms with Crippen molar-refractivity contribution in [1.29, 1.82) is 0 Å². The minimum absolute atomic E-state index is 0.0868. The van der Waals surface area contributed by atoms with Gasteiger partial charge < -0.3 is 9.52 Å². The summed E-state index contributed by atoms with van der Waals surface area (Å²) in [7, 11) is 0. The van der Waals surface area contributed by atoms with Gasteiger partial charge in [-0.05, 0) is 49.8 Å². The molecule has 1 aliphatic carbocycles. The second kappa shape index (κ2) is 7.33. The van der Waals surface area contributed by atoms with Crippen LogP contribution in [0.25, 0.3) is 22.4 Å². The Morgan fingerprint density at radius 1 is 1.19 bits per heavy atom. The molecule has 0 saturated heterocycles. The molecule has 4 rings (SSSR count). The molecule has 6 nitrogen and oxygen atoms in total. The maximum atomic E-state index is 12.6. The monoisotopic (exact) mass is 351 g/mol. The fourth-order valence-electron chi connectivity index (χ4n) is 3.62. The highest BCUT2D eigenvalue weighted by molar-refractivity contribution is 5.85. The molecule has 3 aromatic rings. The van der Waals surface area contributed by atoms with Crippen LogP contribution in [0.2, 0.25) is 0 Å². The van der Waals surface area contributed by atoms with Gasteiger partial charge in [0, 0.05) is 36.2 Å². The Labute approximate surface area is 151 Å². The second-order valence-electron chi connectivity index (χ2n) is 6.97. The number of Topliss-reactive ketones (excluding diaryl/α,β-unsaturated/α-hetero) is 1. The Morgan fingerprint density at radius 2 is 2.04 bits per heavy atom. The number of hydrogen-bond donors (Lipinski definition) is 1. The smallest absolute Gasteiger partial charge is 0.181 e. The van der Waals surface area contributed by atoms with Crippen LogP contribution < -0.4 is 0 Å². The highest BCUT2D eigenvalue weighted by atomic mass is 16.3. The van der Waals surface area contributed by atoms with Crippen molar-refractivity contribution in [2.75, 3.05) is 6.61 Å². The summed E-state index contributed by atoms with van der Waals surface area (Å²) in [6.07, 6.45) is 8.69. The predicted octanol–water partition coefficient (Wildman–Crippen LogP) is 3.20. The van der Waals surface area contributed by atoms with Gasteiger partial charge >= 0.3 is 0 Å². The van der Waals surface area contributed by atoms with Gasteiger partial charge in [-0.1, -0.05) is 0 Å². The number of nitrogens with zero attached hydrogens (tertiary/aromatic N) is 3. The van der Waals surface area contributed by atoms with Crippen LogP contribution in [0.4, 0.5) is 0 Å². The van der Waals surface area contributed by atoms with Crippen LogP contribution in [0, 0.1) is 11.8 Å². The van der Waals surface area contributed by atoms with Gasteiger partial charge in [-0.3, -0.25) is 9.78 Å². The van der Waals surface area contributed by atoms with E-state index in [0.29, 0.717) is 23.8 Å². The van der Waals surface area contributed by atoms with E-state index < -0.39 is 0 Å². The van der Waals surface area contributed by atoms with Crippen LogP contribution in [0.15, 0.2) is 41.4 Å². The number of carbonyl (C=O) groups excluding carboxylic acids is 1. The number of oxazole rings is 1. The SMILES string of the molecule is O=C(Cc1cc2nc(-c3cnco3)ccc2cn1)C1CCC(CO)CC1. The van der Waals surface area contributed by atoms with Crippen molar-refractivity contribution in [3.05, 3.63) is 42.7 Å². The van der Waals surface area contributed by atoms with Gasteiger partial charge in [0.1, 0.15) is 11.5 Å². The van der Waals surface area contributed by atoms with Crippen LogP contribution in [-0.4, -0.2) is 32.4 Å². The third-order valence-electron chi connectivity index (χ3n) is 5.23. The molecule has 3 heterocycles. The van der Waals surface area contributed by atoms with E-state index in [2.05, 4.69) is 15.0 Å². The maximum absolute atomic E-state index is 12.6. The van der Waals surface area contributed by atoms with E-state index in [1.165, 1.54) is 6.39 Å². The number of fused-ring (bicyclic) bond motifs is 1. The average Bonchev–Trinajstić information content (AvgIpc) is 3.22. The van der Waals surface area contributed by atoms with E-state index >= 15 is 0 Å². The minimum Gasteiger partial charge on any atom is -0.442 e. The Morgan fingerprint density at radius 3 is 2.77 bits per heavy atom. The quantitative estimate of drug-likeness (QED) is 0.759. The van der Waals surface area contributed by atoms with Gasteiger partial charge in [0.15, 0.2) is 12.2 Å². The van der Waals surface area contributed by atoms with Crippen LogP contribution in [-0.2, 0) is 11.2 Å². The lowest BCUT2D eigenvalue weighted by molar-refractivity contribution is -0.123. The van der Waals surface area contributed by atoms with E-state index in [-0.39, 0.29) is 18.3 Å².